The van der Waals surface area contributed by atoms with Crippen LogP contribution in [0.2, 0.25) is 5.15 Å². The Labute approximate surface area is 110 Å². The molecule has 0 spiro atoms. The number of hydrogen-bond acceptors (Lipinski definition) is 6. The Morgan fingerprint density at radius 3 is 2.78 bits per heavy atom. The molecule has 0 radical (unpaired) electrons. The Morgan fingerprint density at radius 1 is 1.44 bits per heavy atom. The maximum Gasteiger partial charge on any atom is 0.213 e. The molecule has 0 amide bonds. The zero-order valence-electron chi connectivity index (χ0n) is 9.68. The minimum atomic E-state index is -3.31. The maximum atomic E-state index is 11.4. The SMILES string of the molecule is CCNS(=O)(=O)CCNc1ncnc(Cl)c1C=O. The Hall–Kier alpha value is -1.25. The Bertz CT molecular complexity index is 521. The van der Waals surface area contributed by atoms with Crippen LogP contribution in [0.15, 0.2) is 6.33 Å². The lowest BCUT2D eigenvalue weighted by atomic mass is 10.3. The molecule has 100 valence electrons. The first-order valence-electron chi connectivity index (χ1n) is 5.17. The Kier molecular flexibility index (Phi) is 5.45. The molecule has 18 heavy (non-hydrogen) atoms. The number of nitrogens with zero attached hydrogens (tertiary/aromatic N) is 2. The van der Waals surface area contributed by atoms with E-state index >= 15 is 0 Å². The van der Waals surface area contributed by atoms with Crippen molar-refractivity contribution in [3.05, 3.63) is 17.0 Å². The van der Waals surface area contributed by atoms with Crippen LogP contribution in [0.25, 0.3) is 0 Å². The number of nitrogens with one attached hydrogen (secondary N) is 2. The lowest BCUT2D eigenvalue weighted by molar-refractivity contribution is 0.112. The maximum absolute atomic E-state index is 11.4. The second-order valence-corrected chi connectivity index (χ2v) is 5.57. The third-order valence-corrected chi connectivity index (χ3v) is 3.75. The molecule has 0 saturated carbocycles. The van der Waals surface area contributed by atoms with Crippen LogP contribution in [0.3, 0.4) is 0 Å². The number of sulfonamides is 1. The normalized spacial score (nSPS) is 11.2. The van der Waals surface area contributed by atoms with Crippen LogP contribution in [0, 0.1) is 0 Å². The van der Waals surface area contributed by atoms with E-state index in [1.807, 2.05) is 0 Å². The molecule has 0 aliphatic rings. The molecule has 0 aliphatic carbocycles. The third-order valence-electron chi connectivity index (χ3n) is 1.98. The summed E-state index contributed by atoms with van der Waals surface area (Å²) in [5.41, 5.74) is 0.111. The van der Waals surface area contributed by atoms with Crippen molar-refractivity contribution >= 4 is 33.7 Å². The van der Waals surface area contributed by atoms with E-state index in [1.165, 1.54) is 6.33 Å². The van der Waals surface area contributed by atoms with Crippen LogP contribution >= 0.6 is 11.6 Å². The Balaban J connectivity index is 2.65. The van der Waals surface area contributed by atoms with E-state index in [1.54, 1.807) is 6.92 Å². The summed E-state index contributed by atoms with van der Waals surface area (Å²) in [4.78, 5) is 18.2. The third kappa shape index (κ3) is 4.21. The summed E-state index contributed by atoms with van der Waals surface area (Å²) in [5, 5.41) is 2.76. The minimum Gasteiger partial charge on any atom is -0.368 e. The number of aldehydes is 1. The number of anilines is 1. The van der Waals surface area contributed by atoms with Crippen LogP contribution in [-0.2, 0) is 10.0 Å². The molecule has 1 aromatic heterocycles. The summed E-state index contributed by atoms with van der Waals surface area (Å²) >= 11 is 5.70. The van der Waals surface area contributed by atoms with Crippen molar-refractivity contribution in [2.75, 3.05) is 24.2 Å². The summed E-state index contributed by atoms with van der Waals surface area (Å²) in [6.45, 7) is 2.14. The predicted molar refractivity (Wildman–Crippen MR) is 68.4 cm³/mol. The molecule has 1 heterocycles. The molecule has 0 unspecified atom stereocenters. The first-order chi connectivity index (χ1) is 8.50. The number of halogens is 1. The standard InChI is InChI=1S/C9H13ClN4O3S/c1-2-14-18(16,17)4-3-11-9-7(5-15)8(10)12-6-13-9/h5-6,14H,2-4H2,1H3,(H,11,12,13). The van der Waals surface area contributed by atoms with Crippen LogP contribution < -0.4 is 10.0 Å². The van der Waals surface area contributed by atoms with Crippen molar-refractivity contribution in [2.45, 2.75) is 6.92 Å². The highest BCUT2D eigenvalue weighted by Gasteiger charge is 2.11. The van der Waals surface area contributed by atoms with E-state index < -0.39 is 10.0 Å². The monoisotopic (exact) mass is 292 g/mol. The number of carbonyl (C=O) groups excluding carboxylic acids is 1. The molecule has 0 bridgehead atoms. The van der Waals surface area contributed by atoms with E-state index in [9.17, 15) is 13.2 Å². The van der Waals surface area contributed by atoms with Gasteiger partial charge in [0.1, 0.15) is 17.3 Å². The second-order valence-electron chi connectivity index (χ2n) is 3.29. The molecule has 1 rings (SSSR count). The van der Waals surface area contributed by atoms with Gasteiger partial charge in [-0.15, -0.1) is 0 Å². The van der Waals surface area contributed by atoms with Gasteiger partial charge in [0.25, 0.3) is 0 Å². The lowest BCUT2D eigenvalue weighted by Gasteiger charge is -2.08. The van der Waals surface area contributed by atoms with Gasteiger partial charge in [0, 0.05) is 13.1 Å². The van der Waals surface area contributed by atoms with Crippen LogP contribution in [0.4, 0.5) is 5.82 Å². The van der Waals surface area contributed by atoms with Crippen molar-refractivity contribution in [3.8, 4) is 0 Å². The molecule has 1 aromatic rings. The highest BCUT2D eigenvalue weighted by molar-refractivity contribution is 7.89. The van der Waals surface area contributed by atoms with E-state index in [-0.39, 0.29) is 28.8 Å². The molecule has 2 N–H and O–H groups in total. The zero-order valence-corrected chi connectivity index (χ0v) is 11.3. The van der Waals surface area contributed by atoms with Gasteiger partial charge >= 0.3 is 0 Å². The highest BCUT2D eigenvalue weighted by atomic mass is 35.5. The van der Waals surface area contributed by atoms with Crippen LogP contribution in [0.1, 0.15) is 17.3 Å². The van der Waals surface area contributed by atoms with Gasteiger partial charge in [-0.05, 0) is 0 Å². The lowest BCUT2D eigenvalue weighted by Crippen LogP contribution is -2.29. The van der Waals surface area contributed by atoms with Crippen molar-refractivity contribution in [1.82, 2.24) is 14.7 Å². The smallest absolute Gasteiger partial charge is 0.213 e. The predicted octanol–water partition coefficient (Wildman–Crippen LogP) is 0.294. The van der Waals surface area contributed by atoms with Gasteiger partial charge in [0.15, 0.2) is 6.29 Å². The van der Waals surface area contributed by atoms with Crippen molar-refractivity contribution in [1.29, 1.82) is 0 Å². The van der Waals surface area contributed by atoms with Gasteiger partial charge in [-0.3, -0.25) is 4.79 Å². The molecule has 7 nitrogen and oxygen atoms in total. The average Bonchev–Trinajstić information content (AvgIpc) is 2.29. The van der Waals surface area contributed by atoms with Crippen molar-refractivity contribution in [2.24, 2.45) is 0 Å². The van der Waals surface area contributed by atoms with Crippen molar-refractivity contribution < 1.29 is 13.2 Å². The molecular weight excluding hydrogens is 280 g/mol. The first kappa shape index (κ1) is 14.8. The van der Waals surface area contributed by atoms with Crippen molar-refractivity contribution in [3.63, 3.8) is 0 Å². The summed E-state index contributed by atoms with van der Waals surface area (Å²) in [7, 11) is -3.31. The summed E-state index contributed by atoms with van der Waals surface area (Å²) in [5.74, 6) is 0.0949. The fourth-order valence-electron chi connectivity index (χ4n) is 1.22. The van der Waals surface area contributed by atoms with Gasteiger partial charge in [-0.2, -0.15) is 0 Å². The van der Waals surface area contributed by atoms with Gasteiger partial charge in [0.05, 0.1) is 11.3 Å². The first-order valence-corrected chi connectivity index (χ1v) is 7.20. The molecule has 0 atom stereocenters. The van der Waals surface area contributed by atoms with Crippen LogP contribution in [-0.4, -0.2) is 43.5 Å². The van der Waals surface area contributed by atoms with Gasteiger partial charge < -0.3 is 5.32 Å². The van der Waals surface area contributed by atoms with E-state index in [2.05, 4.69) is 20.0 Å². The van der Waals surface area contributed by atoms with E-state index in [4.69, 9.17) is 11.6 Å². The summed E-state index contributed by atoms with van der Waals surface area (Å²) in [6.07, 6.45) is 1.71. The van der Waals surface area contributed by atoms with E-state index in [0.29, 0.717) is 12.8 Å². The highest BCUT2D eigenvalue weighted by Crippen LogP contribution is 2.16. The quantitative estimate of drug-likeness (QED) is 0.553. The Morgan fingerprint density at radius 2 is 2.17 bits per heavy atom. The molecule has 0 fully saturated rings. The largest absolute Gasteiger partial charge is 0.368 e. The number of rotatable bonds is 7. The number of carbonyl (C=O) groups is 1. The van der Waals surface area contributed by atoms with E-state index in [0.717, 1.165) is 0 Å². The molecule has 0 saturated heterocycles. The fourth-order valence-corrected chi connectivity index (χ4v) is 2.35. The van der Waals surface area contributed by atoms with Gasteiger partial charge in [0.2, 0.25) is 10.0 Å². The molecule has 9 heteroatoms. The fraction of sp³-hybridized carbons (Fsp3) is 0.444. The van der Waals surface area contributed by atoms with Crippen LogP contribution in [0.5, 0.6) is 0 Å². The van der Waals surface area contributed by atoms with Gasteiger partial charge in [-0.1, -0.05) is 18.5 Å². The summed E-state index contributed by atoms with van der Waals surface area (Å²) < 4.78 is 25.1. The topological polar surface area (TPSA) is 101 Å². The molecule has 0 aromatic carbocycles. The molecular formula is C9H13ClN4O3S. The number of aromatic nitrogens is 2. The average molecular weight is 293 g/mol. The minimum absolute atomic E-state index is 0.0250. The second kappa shape index (κ2) is 6.62. The summed E-state index contributed by atoms with van der Waals surface area (Å²) in [6, 6.07) is 0. The molecule has 0 aliphatic heterocycles. The number of hydrogen-bond donors (Lipinski definition) is 2. The van der Waals surface area contributed by atoms with Gasteiger partial charge in [-0.25, -0.2) is 23.1 Å². The zero-order chi connectivity index (χ0) is 13.6.